The van der Waals surface area contributed by atoms with Crippen LogP contribution in [0.4, 0.5) is 5.69 Å². The highest BCUT2D eigenvalue weighted by molar-refractivity contribution is 5.85. The average molecular weight is 276 g/mol. The fourth-order valence-corrected chi connectivity index (χ4v) is 3.33. The van der Waals surface area contributed by atoms with Crippen molar-refractivity contribution in [1.82, 2.24) is 9.88 Å². The predicted molar refractivity (Wildman–Crippen MR) is 80.4 cm³/mol. The van der Waals surface area contributed by atoms with Crippen molar-refractivity contribution in [3.63, 3.8) is 0 Å². The fraction of sp³-hybridized carbons (Fsp3) is 0.333. The van der Waals surface area contributed by atoms with Crippen LogP contribution in [-0.2, 0) is 5.54 Å². The summed E-state index contributed by atoms with van der Waals surface area (Å²) < 4.78 is 2.34. The topological polar surface area (TPSA) is 29.0 Å². The van der Waals surface area contributed by atoms with Crippen LogP contribution in [0.25, 0.3) is 5.69 Å². The smallest absolute Gasteiger partial charge is 0.0804 e. The van der Waals surface area contributed by atoms with Gasteiger partial charge in [-0.25, -0.2) is 0 Å². The summed E-state index contributed by atoms with van der Waals surface area (Å²) in [5.74, 6) is 0. The minimum absolute atomic E-state index is 0. The highest BCUT2D eigenvalue weighted by atomic mass is 35.5. The monoisotopic (exact) mass is 275 g/mol. The fourth-order valence-electron chi connectivity index (χ4n) is 3.33. The maximum absolute atomic E-state index is 3.79. The molecular weight excluding hydrogens is 258 g/mol. The molecule has 0 aliphatic carbocycles. The van der Waals surface area contributed by atoms with Crippen LogP contribution in [0.2, 0.25) is 0 Å². The zero-order valence-electron chi connectivity index (χ0n) is 10.7. The van der Waals surface area contributed by atoms with Gasteiger partial charge in [0.1, 0.15) is 0 Å². The summed E-state index contributed by atoms with van der Waals surface area (Å²) in [5.41, 5.74) is 4.04. The van der Waals surface area contributed by atoms with E-state index in [4.69, 9.17) is 0 Å². The number of aromatic nitrogens is 1. The molecule has 0 radical (unpaired) electrons. The van der Waals surface area contributed by atoms with Gasteiger partial charge in [-0.15, -0.1) is 12.4 Å². The highest BCUT2D eigenvalue weighted by Gasteiger charge is 2.39. The predicted octanol–water partition coefficient (Wildman–Crippen LogP) is 2.90. The molecule has 2 aliphatic heterocycles. The number of rotatable bonds is 0. The molecule has 0 atom stereocenters. The molecule has 2 aromatic rings. The number of fused-ring (bicyclic) bond motifs is 4. The van der Waals surface area contributed by atoms with Crippen LogP contribution in [0.15, 0.2) is 42.6 Å². The lowest BCUT2D eigenvalue weighted by atomic mass is 9.83. The molecule has 19 heavy (non-hydrogen) atoms. The number of hydrogen-bond acceptors (Lipinski definition) is 2. The third kappa shape index (κ3) is 1.77. The van der Waals surface area contributed by atoms with Crippen molar-refractivity contribution >= 4 is 18.1 Å². The van der Waals surface area contributed by atoms with E-state index >= 15 is 0 Å². The first kappa shape index (κ1) is 12.6. The van der Waals surface area contributed by atoms with E-state index in [1.807, 2.05) is 0 Å². The Bertz CT molecular complexity index is 585. The summed E-state index contributed by atoms with van der Waals surface area (Å²) in [6, 6.07) is 13.0. The zero-order chi connectivity index (χ0) is 12.0. The largest absolute Gasteiger partial charge is 0.372 e. The first-order chi connectivity index (χ1) is 8.89. The Kier molecular flexibility index (Phi) is 3.03. The minimum atomic E-state index is 0. The summed E-state index contributed by atoms with van der Waals surface area (Å²) in [7, 11) is 0. The molecule has 0 amide bonds. The maximum Gasteiger partial charge on any atom is 0.0804 e. The highest BCUT2D eigenvalue weighted by Crippen LogP contribution is 2.41. The molecule has 1 aromatic heterocycles. The van der Waals surface area contributed by atoms with Gasteiger partial charge in [0.2, 0.25) is 0 Å². The maximum atomic E-state index is 3.79. The van der Waals surface area contributed by atoms with Crippen molar-refractivity contribution in [3.05, 3.63) is 48.3 Å². The lowest BCUT2D eigenvalue weighted by Gasteiger charge is -2.43. The van der Waals surface area contributed by atoms with Crippen molar-refractivity contribution in [1.29, 1.82) is 0 Å². The van der Waals surface area contributed by atoms with Gasteiger partial charge in [0.25, 0.3) is 0 Å². The van der Waals surface area contributed by atoms with E-state index < -0.39 is 0 Å². The Morgan fingerprint density at radius 2 is 1.79 bits per heavy atom. The summed E-state index contributed by atoms with van der Waals surface area (Å²) in [5, 5.41) is 7.25. The molecule has 2 aliphatic rings. The van der Waals surface area contributed by atoms with Crippen LogP contribution in [-0.4, -0.2) is 17.7 Å². The molecule has 100 valence electrons. The summed E-state index contributed by atoms with van der Waals surface area (Å²) in [4.78, 5) is 0. The zero-order valence-corrected chi connectivity index (χ0v) is 11.5. The number of piperidine rings is 1. The van der Waals surface area contributed by atoms with Gasteiger partial charge in [0, 0.05) is 11.9 Å². The summed E-state index contributed by atoms with van der Waals surface area (Å²) in [6.07, 6.45) is 4.47. The third-order valence-corrected chi connectivity index (χ3v) is 4.23. The van der Waals surface area contributed by atoms with Gasteiger partial charge in [-0.05, 0) is 50.2 Å². The van der Waals surface area contributed by atoms with E-state index in [9.17, 15) is 0 Å². The van der Waals surface area contributed by atoms with Gasteiger partial charge >= 0.3 is 0 Å². The Balaban J connectivity index is 0.00000110. The van der Waals surface area contributed by atoms with Gasteiger partial charge in [0.05, 0.1) is 16.9 Å². The van der Waals surface area contributed by atoms with E-state index in [2.05, 4.69) is 57.8 Å². The molecule has 0 saturated carbocycles. The van der Waals surface area contributed by atoms with Gasteiger partial charge in [-0.3, -0.25) is 0 Å². The van der Waals surface area contributed by atoms with Crippen molar-refractivity contribution in [2.75, 3.05) is 18.4 Å². The normalized spacial score (nSPS) is 18.9. The lowest BCUT2D eigenvalue weighted by molar-refractivity contribution is 0.330. The van der Waals surface area contributed by atoms with E-state index in [1.165, 1.54) is 17.1 Å². The van der Waals surface area contributed by atoms with Crippen LogP contribution >= 0.6 is 12.4 Å². The third-order valence-electron chi connectivity index (χ3n) is 4.23. The van der Waals surface area contributed by atoms with Gasteiger partial charge < -0.3 is 15.2 Å². The quantitative estimate of drug-likeness (QED) is 0.774. The number of nitrogens with one attached hydrogen (secondary N) is 2. The number of nitrogens with zero attached hydrogens (tertiary/aromatic N) is 1. The van der Waals surface area contributed by atoms with Crippen LogP contribution in [0.3, 0.4) is 0 Å². The molecule has 1 spiro atoms. The number of anilines is 1. The molecule has 1 fully saturated rings. The number of para-hydroxylation sites is 2. The van der Waals surface area contributed by atoms with Crippen LogP contribution in [0, 0.1) is 0 Å². The first-order valence-electron chi connectivity index (χ1n) is 6.65. The SMILES string of the molecule is Cl.c1ccc2c(c1)NC1(CCNCC1)c1cccn1-2. The molecule has 4 rings (SSSR count). The van der Waals surface area contributed by atoms with Gasteiger partial charge in [-0.1, -0.05) is 12.1 Å². The number of benzene rings is 1. The van der Waals surface area contributed by atoms with Crippen LogP contribution < -0.4 is 10.6 Å². The lowest BCUT2D eigenvalue weighted by Crippen LogP contribution is -2.48. The molecule has 1 saturated heterocycles. The van der Waals surface area contributed by atoms with Gasteiger partial charge in [0.15, 0.2) is 0 Å². The Labute approximate surface area is 119 Å². The van der Waals surface area contributed by atoms with Crippen molar-refractivity contribution in [2.45, 2.75) is 18.4 Å². The summed E-state index contributed by atoms with van der Waals surface area (Å²) in [6.45, 7) is 2.17. The Morgan fingerprint density at radius 1 is 1.00 bits per heavy atom. The van der Waals surface area contributed by atoms with Gasteiger partial charge in [-0.2, -0.15) is 0 Å². The molecule has 4 heteroatoms. The first-order valence-corrected chi connectivity index (χ1v) is 6.65. The molecular formula is C15H18ClN3. The average Bonchev–Trinajstić information content (AvgIpc) is 2.90. The van der Waals surface area contributed by atoms with Crippen molar-refractivity contribution in [3.8, 4) is 5.69 Å². The number of hydrogen-bond donors (Lipinski definition) is 2. The van der Waals surface area contributed by atoms with Crippen LogP contribution in [0.1, 0.15) is 18.5 Å². The number of halogens is 1. The standard InChI is InChI=1S/C15H17N3.ClH/c1-2-5-13-12(4-1)17-15(7-9-16-10-8-15)14-6-3-11-18(13)14;/h1-6,11,16-17H,7-10H2;1H. The van der Waals surface area contributed by atoms with Crippen molar-refractivity contribution < 1.29 is 0 Å². The second kappa shape index (κ2) is 4.58. The van der Waals surface area contributed by atoms with E-state index in [1.54, 1.807) is 0 Å². The minimum Gasteiger partial charge on any atom is -0.372 e. The molecule has 0 unspecified atom stereocenters. The second-order valence-corrected chi connectivity index (χ2v) is 5.24. The Morgan fingerprint density at radius 3 is 2.63 bits per heavy atom. The van der Waals surface area contributed by atoms with E-state index in [0.29, 0.717) is 0 Å². The van der Waals surface area contributed by atoms with E-state index in [0.717, 1.165) is 25.9 Å². The molecule has 3 nitrogen and oxygen atoms in total. The second-order valence-electron chi connectivity index (χ2n) is 5.24. The van der Waals surface area contributed by atoms with Crippen LogP contribution in [0.5, 0.6) is 0 Å². The molecule has 3 heterocycles. The summed E-state index contributed by atoms with van der Waals surface area (Å²) >= 11 is 0. The molecule has 2 N–H and O–H groups in total. The Hall–Kier alpha value is -1.45. The van der Waals surface area contributed by atoms with Crippen molar-refractivity contribution in [2.24, 2.45) is 0 Å². The van der Waals surface area contributed by atoms with E-state index in [-0.39, 0.29) is 17.9 Å². The molecule has 0 bridgehead atoms. The molecule has 1 aromatic carbocycles.